The van der Waals surface area contributed by atoms with Crippen molar-refractivity contribution >= 4 is 34.9 Å². The SMILES string of the molecule is CC(C)(C)OC(=O)N1CC(N2CCN(C(=O)Cl)C(=O)C2=O)C1. The molecule has 2 aliphatic rings. The van der Waals surface area contributed by atoms with E-state index in [1.165, 1.54) is 9.80 Å². The number of amides is 4. The number of carbonyl (C=O) groups excluding carboxylic acids is 4. The minimum absolute atomic E-state index is 0.0653. The Morgan fingerprint density at radius 3 is 2.23 bits per heavy atom. The first-order valence-electron chi connectivity index (χ1n) is 6.90. The van der Waals surface area contributed by atoms with E-state index in [-0.39, 0.29) is 19.1 Å². The van der Waals surface area contributed by atoms with Gasteiger partial charge in [0.05, 0.1) is 6.04 Å². The van der Waals surface area contributed by atoms with E-state index in [1.807, 2.05) is 0 Å². The maximum absolute atomic E-state index is 12.0. The molecular weight excluding hydrogens is 314 g/mol. The number of rotatable bonds is 1. The molecular formula is C13H18ClN3O5. The summed E-state index contributed by atoms with van der Waals surface area (Å²) in [4.78, 5) is 50.1. The van der Waals surface area contributed by atoms with Gasteiger partial charge in [-0.25, -0.2) is 4.79 Å². The molecule has 0 atom stereocenters. The lowest BCUT2D eigenvalue weighted by Gasteiger charge is -2.46. The molecule has 0 N–H and O–H groups in total. The van der Waals surface area contributed by atoms with Gasteiger partial charge in [-0.1, -0.05) is 0 Å². The van der Waals surface area contributed by atoms with E-state index in [0.29, 0.717) is 18.0 Å². The molecule has 0 saturated carbocycles. The van der Waals surface area contributed by atoms with E-state index in [1.54, 1.807) is 20.8 Å². The van der Waals surface area contributed by atoms with Crippen LogP contribution in [0.25, 0.3) is 0 Å². The first-order chi connectivity index (χ1) is 10.1. The predicted octanol–water partition coefficient (Wildman–Crippen LogP) is 0.635. The maximum atomic E-state index is 12.0. The van der Waals surface area contributed by atoms with Crippen molar-refractivity contribution in [3.05, 3.63) is 0 Å². The topological polar surface area (TPSA) is 87.2 Å². The Balaban J connectivity index is 1.89. The van der Waals surface area contributed by atoms with Crippen LogP contribution in [0.4, 0.5) is 9.59 Å². The van der Waals surface area contributed by atoms with Crippen molar-refractivity contribution < 1.29 is 23.9 Å². The van der Waals surface area contributed by atoms with E-state index in [9.17, 15) is 19.2 Å². The monoisotopic (exact) mass is 331 g/mol. The summed E-state index contributed by atoms with van der Waals surface area (Å²) in [5.41, 5.74) is -0.583. The molecule has 2 saturated heterocycles. The molecule has 0 radical (unpaired) electrons. The Kier molecular flexibility index (Phi) is 4.32. The number of nitrogens with zero attached hydrogens (tertiary/aromatic N) is 3. The summed E-state index contributed by atoms with van der Waals surface area (Å²) < 4.78 is 5.22. The van der Waals surface area contributed by atoms with E-state index in [4.69, 9.17) is 16.3 Å². The molecule has 4 amide bonds. The van der Waals surface area contributed by atoms with E-state index < -0.39 is 28.9 Å². The Morgan fingerprint density at radius 1 is 1.14 bits per heavy atom. The fraction of sp³-hybridized carbons (Fsp3) is 0.692. The van der Waals surface area contributed by atoms with Gasteiger partial charge in [0.15, 0.2) is 0 Å². The van der Waals surface area contributed by atoms with Gasteiger partial charge in [0.1, 0.15) is 5.60 Å². The molecule has 22 heavy (non-hydrogen) atoms. The van der Waals surface area contributed by atoms with Crippen LogP contribution in [0.15, 0.2) is 0 Å². The summed E-state index contributed by atoms with van der Waals surface area (Å²) in [5, 5.41) is -0.956. The van der Waals surface area contributed by atoms with Crippen LogP contribution in [-0.4, -0.2) is 75.8 Å². The third kappa shape index (κ3) is 3.32. The normalized spacial score (nSPS) is 20.1. The third-order valence-electron chi connectivity index (χ3n) is 3.42. The van der Waals surface area contributed by atoms with Gasteiger partial charge in [0, 0.05) is 26.2 Å². The number of likely N-dealkylation sites (tertiary alicyclic amines) is 1. The summed E-state index contributed by atoms with van der Waals surface area (Å²) in [7, 11) is 0. The van der Waals surface area contributed by atoms with Gasteiger partial charge in [-0.3, -0.25) is 19.3 Å². The molecule has 8 nitrogen and oxygen atoms in total. The highest BCUT2D eigenvalue weighted by molar-refractivity contribution is 6.65. The standard InChI is InChI=1S/C13H18ClN3O5/c1-13(2,3)22-12(21)15-6-8(7-15)16-4-5-17(11(14)20)10(19)9(16)18/h8H,4-7H2,1-3H3. The zero-order valence-corrected chi connectivity index (χ0v) is 13.4. The number of carbonyl (C=O) groups is 4. The van der Waals surface area contributed by atoms with Crippen LogP contribution in [0, 0.1) is 0 Å². The second kappa shape index (κ2) is 5.75. The molecule has 2 heterocycles. The van der Waals surface area contributed by atoms with Crippen molar-refractivity contribution in [3.8, 4) is 0 Å². The first kappa shape index (κ1) is 16.5. The predicted molar refractivity (Wildman–Crippen MR) is 76.3 cm³/mol. The van der Waals surface area contributed by atoms with Crippen LogP contribution in [0.2, 0.25) is 0 Å². The van der Waals surface area contributed by atoms with Gasteiger partial charge in [0.25, 0.3) is 0 Å². The van der Waals surface area contributed by atoms with E-state index >= 15 is 0 Å². The Bertz CT molecular complexity index is 524. The summed E-state index contributed by atoms with van der Waals surface area (Å²) in [5.74, 6) is -1.70. The van der Waals surface area contributed by atoms with Gasteiger partial charge >= 0.3 is 23.3 Å². The lowest BCUT2D eigenvalue weighted by Crippen LogP contribution is -2.67. The molecule has 0 aliphatic carbocycles. The highest BCUT2D eigenvalue weighted by Gasteiger charge is 2.44. The molecule has 0 spiro atoms. The number of hydrogen-bond donors (Lipinski definition) is 0. The van der Waals surface area contributed by atoms with E-state index in [2.05, 4.69) is 0 Å². The Hall–Kier alpha value is -1.83. The van der Waals surface area contributed by atoms with Crippen LogP contribution in [0.1, 0.15) is 20.8 Å². The maximum Gasteiger partial charge on any atom is 0.410 e. The highest BCUT2D eigenvalue weighted by Crippen LogP contribution is 2.21. The van der Waals surface area contributed by atoms with Crippen LogP contribution in [0.5, 0.6) is 0 Å². The van der Waals surface area contributed by atoms with Crippen LogP contribution in [-0.2, 0) is 14.3 Å². The number of imide groups is 1. The molecule has 0 aromatic carbocycles. The molecule has 0 aromatic rings. The largest absolute Gasteiger partial charge is 0.444 e. The molecule has 2 aliphatic heterocycles. The van der Waals surface area contributed by atoms with Gasteiger partial charge in [-0.05, 0) is 32.4 Å². The van der Waals surface area contributed by atoms with Crippen molar-refractivity contribution in [2.45, 2.75) is 32.4 Å². The van der Waals surface area contributed by atoms with Gasteiger partial charge < -0.3 is 14.5 Å². The average molecular weight is 332 g/mol. The summed E-state index contributed by atoms with van der Waals surface area (Å²) in [6.07, 6.45) is -0.447. The van der Waals surface area contributed by atoms with Gasteiger partial charge in [-0.15, -0.1) is 0 Å². The van der Waals surface area contributed by atoms with Crippen molar-refractivity contribution in [2.75, 3.05) is 26.2 Å². The molecule has 9 heteroatoms. The summed E-state index contributed by atoms with van der Waals surface area (Å²) in [6.45, 7) is 6.21. The zero-order valence-electron chi connectivity index (χ0n) is 12.7. The molecule has 0 aromatic heterocycles. The fourth-order valence-electron chi connectivity index (χ4n) is 2.29. The van der Waals surface area contributed by atoms with Gasteiger partial charge in [-0.2, -0.15) is 0 Å². The lowest BCUT2D eigenvalue weighted by atomic mass is 10.1. The minimum Gasteiger partial charge on any atom is -0.444 e. The summed E-state index contributed by atoms with van der Waals surface area (Å²) in [6, 6.07) is -0.239. The summed E-state index contributed by atoms with van der Waals surface area (Å²) >= 11 is 5.24. The van der Waals surface area contributed by atoms with Crippen LogP contribution >= 0.6 is 11.6 Å². The first-order valence-corrected chi connectivity index (χ1v) is 7.28. The molecule has 2 rings (SSSR count). The van der Waals surface area contributed by atoms with Crippen molar-refractivity contribution in [2.24, 2.45) is 0 Å². The smallest absolute Gasteiger partial charge is 0.410 e. The highest BCUT2D eigenvalue weighted by atomic mass is 35.5. The fourth-order valence-corrected chi connectivity index (χ4v) is 2.45. The van der Waals surface area contributed by atoms with E-state index in [0.717, 1.165) is 0 Å². The lowest BCUT2D eigenvalue weighted by molar-refractivity contribution is -0.157. The van der Waals surface area contributed by atoms with Crippen molar-refractivity contribution in [1.82, 2.24) is 14.7 Å². The number of hydrogen-bond acceptors (Lipinski definition) is 5. The van der Waals surface area contributed by atoms with Crippen molar-refractivity contribution in [3.63, 3.8) is 0 Å². The zero-order chi connectivity index (χ0) is 16.7. The van der Waals surface area contributed by atoms with Crippen LogP contribution < -0.4 is 0 Å². The number of halogens is 1. The average Bonchev–Trinajstić information content (AvgIpc) is 2.29. The van der Waals surface area contributed by atoms with Crippen molar-refractivity contribution in [1.29, 1.82) is 0 Å². The minimum atomic E-state index is -0.956. The quantitative estimate of drug-likeness (QED) is 0.399. The second-order valence-corrected chi connectivity index (χ2v) is 6.57. The Morgan fingerprint density at radius 2 is 1.73 bits per heavy atom. The second-order valence-electron chi connectivity index (χ2n) is 6.25. The molecule has 0 unspecified atom stereocenters. The molecule has 2 fully saturated rings. The number of ether oxygens (including phenoxy) is 1. The molecule has 122 valence electrons. The molecule has 0 bridgehead atoms. The van der Waals surface area contributed by atoms with Gasteiger partial charge in [0.2, 0.25) is 0 Å². The van der Waals surface area contributed by atoms with Crippen LogP contribution in [0.3, 0.4) is 0 Å². The number of piperazine rings is 1. The third-order valence-corrected chi connectivity index (χ3v) is 3.62. The Labute approximate surface area is 132 Å².